The Morgan fingerprint density at radius 2 is 2.00 bits per heavy atom. The Bertz CT molecular complexity index is 722. The minimum atomic E-state index is -4.42. The van der Waals surface area contributed by atoms with Crippen molar-refractivity contribution >= 4 is 5.91 Å². The van der Waals surface area contributed by atoms with Crippen LogP contribution in [-0.2, 0) is 12.7 Å². The molecule has 1 aromatic heterocycles. The number of carbonyl (C=O) groups is 1. The Morgan fingerprint density at radius 1 is 1.29 bits per heavy atom. The van der Waals surface area contributed by atoms with Crippen LogP contribution in [0.1, 0.15) is 43.2 Å². The summed E-state index contributed by atoms with van der Waals surface area (Å²) in [5, 5.41) is 7.11. The van der Waals surface area contributed by atoms with Gasteiger partial charge < -0.3 is 5.32 Å². The second kappa shape index (κ2) is 7.07. The number of alkyl halides is 3. The van der Waals surface area contributed by atoms with E-state index in [2.05, 4.69) is 10.4 Å². The van der Waals surface area contributed by atoms with Crippen molar-refractivity contribution in [2.45, 2.75) is 46.0 Å². The molecule has 1 atom stereocenters. The van der Waals surface area contributed by atoms with Crippen molar-refractivity contribution in [2.24, 2.45) is 0 Å². The summed E-state index contributed by atoms with van der Waals surface area (Å²) in [6, 6.07) is 6.47. The molecule has 1 N–H and O–H groups in total. The van der Waals surface area contributed by atoms with Gasteiger partial charge in [0.25, 0.3) is 5.91 Å². The van der Waals surface area contributed by atoms with Crippen molar-refractivity contribution in [2.75, 3.05) is 0 Å². The van der Waals surface area contributed by atoms with Crippen LogP contribution in [0.2, 0.25) is 0 Å². The third-order valence-corrected chi connectivity index (χ3v) is 3.79. The topological polar surface area (TPSA) is 46.9 Å². The van der Waals surface area contributed by atoms with E-state index in [1.165, 1.54) is 16.8 Å². The van der Waals surface area contributed by atoms with Crippen molar-refractivity contribution in [3.05, 3.63) is 41.6 Å². The van der Waals surface area contributed by atoms with E-state index in [1.54, 1.807) is 6.07 Å². The number of amides is 1. The van der Waals surface area contributed by atoms with Crippen LogP contribution in [0.25, 0.3) is 11.3 Å². The van der Waals surface area contributed by atoms with Crippen LogP contribution in [0.4, 0.5) is 13.2 Å². The monoisotopic (exact) mass is 339 g/mol. The standard InChI is InChI=1S/C17H20F3N3O/c1-4-11(3)21-16(24)15-10-14(22-23(15)5-2)12-7-6-8-13(9-12)17(18,19)20/h6-11H,4-5H2,1-3H3,(H,21,24). The second-order valence-electron chi connectivity index (χ2n) is 5.59. The third kappa shape index (κ3) is 3.96. The molecule has 2 aromatic rings. The van der Waals surface area contributed by atoms with Gasteiger partial charge in [-0.25, -0.2) is 0 Å². The summed E-state index contributed by atoms with van der Waals surface area (Å²) in [4.78, 5) is 12.3. The average molecular weight is 339 g/mol. The maximum absolute atomic E-state index is 12.9. The largest absolute Gasteiger partial charge is 0.416 e. The Hall–Kier alpha value is -2.31. The lowest BCUT2D eigenvalue weighted by Gasteiger charge is -2.11. The van der Waals surface area contributed by atoms with Gasteiger partial charge in [-0.15, -0.1) is 0 Å². The zero-order chi connectivity index (χ0) is 17.9. The van der Waals surface area contributed by atoms with Crippen LogP contribution < -0.4 is 5.32 Å². The Balaban J connectivity index is 2.38. The summed E-state index contributed by atoms with van der Waals surface area (Å²) in [6.45, 7) is 6.11. The van der Waals surface area contributed by atoms with Crippen LogP contribution in [0.5, 0.6) is 0 Å². The molecule has 1 unspecified atom stereocenters. The molecule has 1 aromatic carbocycles. The molecule has 130 valence electrons. The van der Waals surface area contributed by atoms with Gasteiger partial charge in [0.05, 0.1) is 11.3 Å². The van der Waals surface area contributed by atoms with E-state index in [0.717, 1.165) is 18.6 Å². The molecule has 1 heterocycles. The predicted molar refractivity (Wildman–Crippen MR) is 85.6 cm³/mol. The van der Waals surface area contributed by atoms with Crippen molar-refractivity contribution in [3.8, 4) is 11.3 Å². The highest BCUT2D eigenvalue weighted by molar-refractivity contribution is 5.93. The van der Waals surface area contributed by atoms with Gasteiger partial charge in [0.1, 0.15) is 5.69 Å². The normalized spacial score (nSPS) is 12.9. The zero-order valence-corrected chi connectivity index (χ0v) is 13.8. The van der Waals surface area contributed by atoms with Gasteiger partial charge in [-0.2, -0.15) is 18.3 Å². The number of aryl methyl sites for hydroxylation is 1. The minimum absolute atomic E-state index is 0.00899. The molecule has 0 fully saturated rings. The molecule has 0 aliphatic carbocycles. The number of carbonyl (C=O) groups excluding carboxylic acids is 1. The Kier molecular flexibility index (Phi) is 5.31. The van der Waals surface area contributed by atoms with E-state index in [0.29, 0.717) is 23.5 Å². The second-order valence-corrected chi connectivity index (χ2v) is 5.59. The van der Waals surface area contributed by atoms with Crippen molar-refractivity contribution in [1.29, 1.82) is 0 Å². The summed E-state index contributed by atoms with van der Waals surface area (Å²) < 4.78 is 40.1. The number of hydrogen-bond donors (Lipinski definition) is 1. The number of benzene rings is 1. The minimum Gasteiger partial charge on any atom is -0.348 e. The van der Waals surface area contributed by atoms with E-state index in [1.807, 2.05) is 20.8 Å². The molecule has 0 aliphatic heterocycles. The lowest BCUT2D eigenvalue weighted by molar-refractivity contribution is -0.137. The van der Waals surface area contributed by atoms with Gasteiger partial charge in [-0.3, -0.25) is 9.48 Å². The first kappa shape index (κ1) is 18.0. The van der Waals surface area contributed by atoms with Crippen LogP contribution in [0.15, 0.2) is 30.3 Å². The van der Waals surface area contributed by atoms with Crippen LogP contribution in [0.3, 0.4) is 0 Å². The highest BCUT2D eigenvalue weighted by atomic mass is 19.4. The van der Waals surface area contributed by atoms with E-state index < -0.39 is 11.7 Å². The molecule has 7 heteroatoms. The van der Waals surface area contributed by atoms with Crippen LogP contribution in [0, 0.1) is 0 Å². The molecule has 0 saturated carbocycles. The molecular weight excluding hydrogens is 319 g/mol. The quantitative estimate of drug-likeness (QED) is 0.891. The van der Waals surface area contributed by atoms with Gasteiger partial charge in [-0.05, 0) is 38.5 Å². The SMILES string of the molecule is CCC(C)NC(=O)c1cc(-c2cccc(C(F)(F)F)c2)nn1CC. The third-order valence-electron chi connectivity index (χ3n) is 3.79. The van der Waals surface area contributed by atoms with Crippen molar-refractivity contribution in [1.82, 2.24) is 15.1 Å². The number of nitrogens with one attached hydrogen (secondary N) is 1. The summed E-state index contributed by atoms with van der Waals surface area (Å²) >= 11 is 0. The molecule has 1 amide bonds. The fourth-order valence-corrected chi connectivity index (χ4v) is 2.24. The zero-order valence-electron chi connectivity index (χ0n) is 13.8. The van der Waals surface area contributed by atoms with Gasteiger partial charge >= 0.3 is 6.18 Å². The molecule has 0 spiro atoms. The van der Waals surface area contributed by atoms with E-state index >= 15 is 0 Å². The first-order valence-electron chi connectivity index (χ1n) is 7.82. The molecule has 0 saturated heterocycles. The fourth-order valence-electron chi connectivity index (χ4n) is 2.24. The fraction of sp³-hybridized carbons (Fsp3) is 0.412. The van der Waals surface area contributed by atoms with Crippen LogP contribution >= 0.6 is 0 Å². The number of rotatable bonds is 5. The van der Waals surface area contributed by atoms with Crippen molar-refractivity contribution < 1.29 is 18.0 Å². The first-order valence-corrected chi connectivity index (χ1v) is 7.82. The van der Waals surface area contributed by atoms with Gasteiger partial charge in [0.15, 0.2) is 0 Å². The Labute approximate surface area is 138 Å². The summed E-state index contributed by atoms with van der Waals surface area (Å²) in [6.07, 6.45) is -3.63. The van der Waals surface area contributed by atoms with E-state index in [9.17, 15) is 18.0 Å². The molecular formula is C17H20F3N3O. The van der Waals surface area contributed by atoms with Gasteiger partial charge in [0.2, 0.25) is 0 Å². The predicted octanol–water partition coefficient (Wildman–Crippen LogP) is 4.12. The Morgan fingerprint density at radius 3 is 2.58 bits per heavy atom. The number of aromatic nitrogens is 2. The van der Waals surface area contributed by atoms with Gasteiger partial charge in [-0.1, -0.05) is 19.1 Å². The first-order chi connectivity index (χ1) is 11.3. The van der Waals surface area contributed by atoms with Gasteiger partial charge in [0, 0.05) is 18.2 Å². The van der Waals surface area contributed by atoms with Crippen LogP contribution in [-0.4, -0.2) is 21.7 Å². The van der Waals surface area contributed by atoms with Crippen molar-refractivity contribution in [3.63, 3.8) is 0 Å². The summed E-state index contributed by atoms with van der Waals surface area (Å²) in [5.74, 6) is -0.281. The molecule has 0 aliphatic rings. The summed E-state index contributed by atoms with van der Waals surface area (Å²) in [7, 11) is 0. The molecule has 24 heavy (non-hydrogen) atoms. The molecule has 2 rings (SSSR count). The average Bonchev–Trinajstić information content (AvgIpc) is 2.98. The summed E-state index contributed by atoms with van der Waals surface area (Å²) in [5.41, 5.74) is 0.272. The molecule has 4 nitrogen and oxygen atoms in total. The lowest BCUT2D eigenvalue weighted by atomic mass is 10.1. The number of nitrogens with zero attached hydrogens (tertiary/aromatic N) is 2. The smallest absolute Gasteiger partial charge is 0.348 e. The maximum Gasteiger partial charge on any atom is 0.416 e. The number of halogens is 3. The highest BCUT2D eigenvalue weighted by Gasteiger charge is 2.30. The maximum atomic E-state index is 12.9. The van der Waals surface area contributed by atoms with E-state index in [4.69, 9.17) is 0 Å². The molecule has 0 radical (unpaired) electrons. The lowest BCUT2D eigenvalue weighted by Crippen LogP contribution is -2.33. The molecule has 0 bridgehead atoms. The number of hydrogen-bond acceptors (Lipinski definition) is 2. The van der Waals surface area contributed by atoms with E-state index in [-0.39, 0.29) is 11.9 Å². The highest BCUT2D eigenvalue weighted by Crippen LogP contribution is 2.32.